The molecule has 0 bridgehead atoms. The van der Waals surface area contributed by atoms with Gasteiger partial charge in [-0.25, -0.2) is 0 Å². The van der Waals surface area contributed by atoms with Crippen LogP contribution in [0.1, 0.15) is 55.5 Å². The summed E-state index contributed by atoms with van der Waals surface area (Å²) in [6.07, 6.45) is -0.775. The lowest BCUT2D eigenvalue weighted by Crippen LogP contribution is -2.47. The van der Waals surface area contributed by atoms with Crippen molar-refractivity contribution < 1.29 is 18.0 Å². The number of carbonyl (C=O) groups excluding carboxylic acids is 1. The van der Waals surface area contributed by atoms with Gasteiger partial charge >= 0.3 is 6.18 Å². The van der Waals surface area contributed by atoms with Crippen LogP contribution in [0.25, 0.3) is 0 Å². The first-order valence-electron chi connectivity index (χ1n) is 7.04. The Morgan fingerprint density at radius 3 is 2.36 bits per heavy atom. The van der Waals surface area contributed by atoms with Gasteiger partial charge in [0.15, 0.2) is 0 Å². The minimum atomic E-state index is -4.65. The maximum absolute atomic E-state index is 12.9. The van der Waals surface area contributed by atoms with Gasteiger partial charge in [-0.15, -0.1) is 0 Å². The molecule has 0 aliphatic carbocycles. The molecule has 0 saturated carbocycles. The molecular formula is C15H18F3N3O. The SMILES string of the molecule is CCCC(C#N)(CCC)NC(=O)c1cnccc1C(F)(F)F. The molecule has 0 spiro atoms. The maximum Gasteiger partial charge on any atom is 0.417 e. The van der Waals surface area contributed by atoms with Crippen molar-refractivity contribution in [2.45, 2.75) is 51.2 Å². The molecule has 0 aliphatic heterocycles. The highest BCUT2D eigenvalue weighted by Crippen LogP contribution is 2.32. The molecular weight excluding hydrogens is 295 g/mol. The smallest absolute Gasteiger partial charge is 0.334 e. The zero-order chi connectivity index (χ0) is 16.8. The molecule has 0 radical (unpaired) electrons. The standard InChI is InChI=1S/C15H18F3N3O/c1-3-6-14(10-19,7-4-2)21-13(22)11-9-20-8-5-12(11)15(16,17)18/h5,8-9H,3-4,6-7H2,1-2H3,(H,21,22). The summed E-state index contributed by atoms with van der Waals surface area (Å²) in [7, 11) is 0. The summed E-state index contributed by atoms with van der Waals surface area (Å²) in [6, 6.07) is 2.80. The van der Waals surface area contributed by atoms with Gasteiger partial charge in [-0.3, -0.25) is 9.78 Å². The molecule has 0 aliphatic rings. The van der Waals surface area contributed by atoms with Crippen LogP contribution in [0.5, 0.6) is 0 Å². The third-order valence-electron chi connectivity index (χ3n) is 3.29. The van der Waals surface area contributed by atoms with Crippen LogP contribution in [-0.2, 0) is 6.18 Å². The summed E-state index contributed by atoms with van der Waals surface area (Å²) in [4.78, 5) is 15.8. The summed E-state index contributed by atoms with van der Waals surface area (Å²) in [5, 5.41) is 11.8. The predicted octanol–water partition coefficient (Wildman–Crippen LogP) is 3.69. The number of alkyl halides is 3. The fourth-order valence-electron chi connectivity index (χ4n) is 2.35. The number of carbonyl (C=O) groups is 1. The molecule has 4 nitrogen and oxygen atoms in total. The largest absolute Gasteiger partial charge is 0.417 e. The number of pyridine rings is 1. The molecule has 0 unspecified atom stereocenters. The summed E-state index contributed by atoms with van der Waals surface area (Å²) in [5.74, 6) is -0.927. The Bertz CT molecular complexity index is 558. The van der Waals surface area contributed by atoms with E-state index >= 15 is 0 Å². The number of nitriles is 1. The van der Waals surface area contributed by atoms with Gasteiger partial charge in [0.05, 0.1) is 17.2 Å². The first-order valence-corrected chi connectivity index (χ1v) is 7.04. The lowest BCUT2D eigenvalue weighted by Gasteiger charge is -2.27. The van der Waals surface area contributed by atoms with E-state index < -0.39 is 28.7 Å². The number of amides is 1. The van der Waals surface area contributed by atoms with Crippen molar-refractivity contribution in [3.63, 3.8) is 0 Å². The van der Waals surface area contributed by atoms with E-state index in [4.69, 9.17) is 0 Å². The minimum Gasteiger partial charge on any atom is -0.334 e. The number of aromatic nitrogens is 1. The van der Waals surface area contributed by atoms with E-state index in [1.165, 1.54) is 0 Å². The van der Waals surface area contributed by atoms with Gasteiger partial charge in [-0.2, -0.15) is 18.4 Å². The number of nitrogens with one attached hydrogen (secondary N) is 1. The van der Waals surface area contributed by atoms with Crippen LogP contribution in [0.3, 0.4) is 0 Å². The van der Waals surface area contributed by atoms with Crippen LogP contribution in [0, 0.1) is 11.3 Å². The number of nitrogens with zero attached hydrogens (tertiary/aromatic N) is 2. The van der Waals surface area contributed by atoms with Gasteiger partial charge in [-0.05, 0) is 18.9 Å². The average molecular weight is 313 g/mol. The van der Waals surface area contributed by atoms with E-state index in [1.807, 2.05) is 19.9 Å². The zero-order valence-corrected chi connectivity index (χ0v) is 12.5. The molecule has 7 heteroatoms. The zero-order valence-electron chi connectivity index (χ0n) is 12.5. The first kappa shape index (κ1) is 18.0. The number of hydrogen-bond donors (Lipinski definition) is 1. The van der Waals surface area contributed by atoms with E-state index in [0.717, 1.165) is 18.5 Å². The molecule has 0 aromatic carbocycles. The fourth-order valence-corrected chi connectivity index (χ4v) is 2.35. The fraction of sp³-hybridized carbons (Fsp3) is 0.533. The Kier molecular flexibility index (Phi) is 5.92. The van der Waals surface area contributed by atoms with Crippen LogP contribution in [0.2, 0.25) is 0 Å². The molecule has 1 aromatic heterocycles. The van der Waals surface area contributed by atoms with E-state index in [1.54, 1.807) is 0 Å². The Morgan fingerprint density at radius 2 is 1.91 bits per heavy atom. The Hall–Kier alpha value is -2.10. The second-order valence-electron chi connectivity index (χ2n) is 5.07. The van der Waals surface area contributed by atoms with Crippen molar-refractivity contribution >= 4 is 5.91 Å². The normalized spacial score (nSPS) is 11.8. The molecule has 0 atom stereocenters. The van der Waals surface area contributed by atoms with Crippen LogP contribution < -0.4 is 5.32 Å². The average Bonchev–Trinajstić information content (AvgIpc) is 2.46. The van der Waals surface area contributed by atoms with Gasteiger partial charge in [0.2, 0.25) is 0 Å². The van der Waals surface area contributed by atoms with Crippen molar-refractivity contribution in [3.8, 4) is 6.07 Å². The second-order valence-corrected chi connectivity index (χ2v) is 5.07. The maximum atomic E-state index is 12.9. The van der Waals surface area contributed by atoms with Crippen LogP contribution >= 0.6 is 0 Å². The van der Waals surface area contributed by atoms with Gasteiger partial charge in [0.1, 0.15) is 5.54 Å². The Morgan fingerprint density at radius 1 is 1.32 bits per heavy atom. The summed E-state index contributed by atoms with van der Waals surface area (Å²) < 4.78 is 38.8. The lowest BCUT2D eigenvalue weighted by atomic mass is 9.89. The molecule has 1 aromatic rings. The summed E-state index contributed by atoms with van der Waals surface area (Å²) in [6.45, 7) is 3.69. The molecule has 1 rings (SSSR count). The summed E-state index contributed by atoms with van der Waals surface area (Å²) in [5.41, 5.74) is -2.78. The van der Waals surface area contributed by atoms with Gasteiger partial charge in [0.25, 0.3) is 5.91 Å². The van der Waals surface area contributed by atoms with Gasteiger partial charge in [0, 0.05) is 12.4 Å². The van der Waals surface area contributed by atoms with E-state index in [2.05, 4.69) is 10.3 Å². The molecule has 22 heavy (non-hydrogen) atoms. The van der Waals surface area contributed by atoms with Crippen molar-refractivity contribution in [2.75, 3.05) is 0 Å². The topological polar surface area (TPSA) is 65.8 Å². The highest BCUT2D eigenvalue weighted by atomic mass is 19.4. The molecule has 0 saturated heterocycles. The Labute approximate surface area is 127 Å². The predicted molar refractivity (Wildman–Crippen MR) is 74.9 cm³/mol. The molecule has 0 fully saturated rings. The minimum absolute atomic E-state index is 0.380. The highest BCUT2D eigenvalue weighted by molar-refractivity contribution is 5.96. The molecule has 1 N–H and O–H groups in total. The van der Waals surface area contributed by atoms with E-state index in [-0.39, 0.29) is 0 Å². The number of halogens is 3. The third kappa shape index (κ3) is 4.20. The van der Waals surface area contributed by atoms with Crippen molar-refractivity contribution in [2.24, 2.45) is 0 Å². The quantitative estimate of drug-likeness (QED) is 0.871. The van der Waals surface area contributed by atoms with Crippen molar-refractivity contribution in [3.05, 3.63) is 29.6 Å². The number of hydrogen-bond acceptors (Lipinski definition) is 3. The van der Waals surface area contributed by atoms with Crippen molar-refractivity contribution in [1.29, 1.82) is 5.26 Å². The van der Waals surface area contributed by atoms with E-state index in [0.29, 0.717) is 25.7 Å². The van der Waals surface area contributed by atoms with Crippen LogP contribution in [-0.4, -0.2) is 16.4 Å². The van der Waals surface area contributed by atoms with Gasteiger partial charge in [-0.1, -0.05) is 26.7 Å². The number of rotatable bonds is 6. The Balaban J connectivity index is 3.14. The van der Waals surface area contributed by atoms with Crippen LogP contribution in [0.15, 0.2) is 18.5 Å². The van der Waals surface area contributed by atoms with Crippen LogP contribution in [0.4, 0.5) is 13.2 Å². The van der Waals surface area contributed by atoms with Gasteiger partial charge < -0.3 is 5.32 Å². The summed E-state index contributed by atoms with van der Waals surface area (Å²) >= 11 is 0. The molecule has 1 heterocycles. The second kappa shape index (κ2) is 7.25. The lowest BCUT2D eigenvalue weighted by molar-refractivity contribution is -0.138. The molecule has 1 amide bonds. The first-order chi connectivity index (χ1) is 10.3. The monoisotopic (exact) mass is 313 g/mol. The highest BCUT2D eigenvalue weighted by Gasteiger charge is 2.37. The third-order valence-corrected chi connectivity index (χ3v) is 3.29. The van der Waals surface area contributed by atoms with Crippen molar-refractivity contribution in [1.82, 2.24) is 10.3 Å². The van der Waals surface area contributed by atoms with E-state index in [9.17, 15) is 23.2 Å². The molecule has 120 valence electrons.